The van der Waals surface area contributed by atoms with Crippen molar-refractivity contribution in [3.8, 4) is 45.1 Å². The van der Waals surface area contributed by atoms with E-state index in [-0.39, 0.29) is 5.99 Å². The molecular weight excluding hydrogens is 822 g/mol. The van der Waals surface area contributed by atoms with Crippen molar-refractivity contribution in [3.63, 3.8) is 0 Å². The third-order valence-electron chi connectivity index (χ3n) is 14.6. The van der Waals surface area contributed by atoms with Crippen molar-refractivity contribution in [2.45, 2.75) is 4.90 Å². The van der Waals surface area contributed by atoms with Crippen LogP contribution in [0.3, 0.4) is 0 Å². The van der Waals surface area contributed by atoms with Crippen LogP contribution in [-0.2, 0) is 0 Å². The van der Waals surface area contributed by atoms with Crippen molar-refractivity contribution in [2.24, 2.45) is 0 Å². The standard InChI is InChI=1S/C60H34BN3OS/c1-7-19-49-39(13-1)40-14-2-8-20-50(40)62(49)37-28-25-35(26-29-37)36-27-30-54-48(31-36)61-58-45(43-17-6-12-24-56(43)66-61)32-38(33-55(58)65-54)63-51-21-9-3-15-41(51)46-34-47-42-16-4-10-22-52(42)64-53-23-11-5-18-44(53)57(59(46)63)60(47)64/h1-34H. The Balaban J connectivity index is 0.885. The van der Waals surface area contributed by atoms with E-state index < -0.39 is 0 Å². The van der Waals surface area contributed by atoms with Crippen molar-refractivity contribution in [1.82, 2.24) is 13.5 Å². The van der Waals surface area contributed by atoms with Crippen LogP contribution in [0.4, 0.5) is 0 Å². The number of ether oxygens (including phenoxy) is 1. The first-order valence-electron chi connectivity index (χ1n) is 22.7. The van der Waals surface area contributed by atoms with E-state index >= 15 is 0 Å². The summed E-state index contributed by atoms with van der Waals surface area (Å²) in [5, 5.41) is 10.2. The average Bonchev–Trinajstić information content (AvgIpc) is 4.10. The molecule has 0 saturated heterocycles. The molecule has 0 radical (unpaired) electrons. The van der Waals surface area contributed by atoms with Gasteiger partial charge in [-0.25, -0.2) is 0 Å². The summed E-state index contributed by atoms with van der Waals surface area (Å²) in [7, 11) is 0. The highest BCUT2D eigenvalue weighted by molar-refractivity contribution is 8.28. The van der Waals surface area contributed by atoms with Gasteiger partial charge in [0.25, 0.3) is 5.99 Å². The molecule has 10 aromatic carbocycles. The van der Waals surface area contributed by atoms with Gasteiger partial charge < -0.3 is 18.3 Å². The van der Waals surface area contributed by atoms with E-state index in [1.54, 1.807) is 0 Å². The van der Waals surface area contributed by atoms with Gasteiger partial charge in [0.05, 0.1) is 44.3 Å². The van der Waals surface area contributed by atoms with Gasteiger partial charge in [-0.2, -0.15) is 11.6 Å². The van der Waals surface area contributed by atoms with Gasteiger partial charge in [0.15, 0.2) is 0 Å². The third kappa shape index (κ3) is 4.51. The van der Waals surface area contributed by atoms with E-state index in [2.05, 4.69) is 220 Å². The molecule has 4 nitrogen and oxygen atoms in total. The molecule has 6 heteroatoms. The third-order valence-corrected chi connectivity index (χ3v) is 16.0. The Morgan fingerprint density at radius 3 is 1.67 bits per heavy atom. The highest BCUT2D eigenvalue weighted by Gasteiger charge is 2.39. The van der Waals surface area contributed by atoms with Gasteiger partial charge in [0, 0.05) is 59.7 Å². The number of aromatic nitrogens is 3. The summed E-state index contributed by atoms with van der Waals surface area (Å²) in [5.41, 5.74) is 18.1. The van der Waals surface area contributed by atoms with E-state index in [0.717, 1.165) is 22.9 Å². The highest BCUT2D eigenvalue weighted by Crippen LogP contribution is 2.49. The first-order chi connectivity index (χ1) is 32.7. The van der Waals surface area contributed by atoms with E-state index in [1.165, 1.54) is 120 Å². The molecule has 0 N–H and O–H groups in total. The van der Waals surface area contributed by atoms with Crippen LogP contribution in [0, 0.1) is 0 Å². The minimum atomic E-state index is 0.0672. The van der Waals surface area contributed by atoms with Crippen LogP contribution in [0.15, 0.2) is 211 Å². The van der Waals surface area contributed by atoms with Gasteiger partial charge in [0.2, 0.25) is 0 Å². The van der Waals surface area contributed by atoms with E-state index in [0.29, 0.717) is 0 Å². The molecule has 16 rings (SSSR count). The minimum Gasteiger partial charge on any atom is -0.458 e. The maximum Gasteiger partial charge on any atom is 0.289 e. The second kappa shape index (κ2) is 12.8. The lowest BCUT2D eigenvalue weighted by Gasteiger charge is -2.33. The Morgan fingerprint density at radius 2 is 0.939 bits per heavy atom. The zero-order valence-corrected chi connectivity index (χ0v) is 36.2. The summed E-state index contributed by atoms with van der Waals surface area (Å²) in [6.45, 7) is 0. The van der Waals surface area contributed by atoms with Crippen LogP contribution in [-0.4, -0.2) is 19.5 Å². The maximum absolute atomic E-state index is 7.14. The Labute approximate surface area is 382 Å². The van der Waals surface area contributed by atoms with Gasteiger partial charge in [0.1, 0.15) is 11.5 Å². The Bertz CT molecular complexity index is 4370. The Morgan fingerprint density at radius 1 is 0.379 bits per heavy atom. The first kappa shape index (κ1) is 35.2. The van der Waals surface area contributed by atoms with Crippen molar-refractivity contribution >= 4 is 110 Å². The summed E-state index contributed by atoms with van der Waals surface area (Å²) in [6, 6.07) is 76.1. The zero-order chi connectivity index (χ0) is 42.8. The number of nitrogens with zero attached hydrogens (tertiary/aromatic N) is 3. The smallest absolute Gasteiger partial charge is 0.289 e. The number of benzene rings is 10. The van der Waals surface area contributed by atoms with Crippen LogP contribution in [0.25, 0.3) is 115 Å². The molecule has 4 aromatic heterocycles. The minimum absolute atomic E-state index is 0.0672. The molecule has 0 aliphatic carbocycles. The molecule has 0 unspecified atom stereocenters. The lowest BCUT2D eigenvalue weighted by Crippen LogP contribution is -2.46. The molecule has 0 spiro atoms. The number of para-hydroxylation sites is 5. The van der Waals surface area contributed by atoms with E-state index in [4.69, 9.17) is 4.74 Å². The lowest BCUT2D eigenvalue weighted by atomic mass is 9.57. The molecular formula is C60H34BN3OS. The second-order valence-electron chi connectivity index (χ2n) is 17.9. The maximum atomic E-state index is 7.14. The van der Waals surface area contributed by atoms with Crippen LogP contribution in [0.2, 0.25) is 0 Å². The Hall–Kier alpha value is -8.19. The van der Waals surface area contributed by atoms with Gasteiger partial charge in [-0.1, -0.05) is 133 Å². The summed E-state index contributed by atoms with van der Waals surface area (Å²) in [5.74, 6) is 1.90. The topological polar surface area (TPSA) is 23.5 Å². The zero-order valence-electron chi connectivity index (χ0n) is 35.4. The van der Waals surface area contributed by atoms with Gasteiger partial charge in [-0.05, 0) is 99.9 Å². The number of hydrogen-bond acceptors (Lipinski definition) is 2. The van der Waals surface area contributed by atoms with Crippen LogP contribution in [0.5, 0.6) is 11.5 Å². The molecule has 14 aromatic rings. The predicted molar refractivity (Wildman–Crippen MR) is 278 cm³/mol. The molecule has 0 saturated carbocycles. The molecule has 2 aliphatic rings. The summed E-state index contributed by atoms with van der Waals surface area (Å²) < 4.78 is 14.5. The van der Waals surface area contributed by atoms with Gasteiger partial charge >= 0.3 is 0 Å². The lowest BCUT2D eigenvalue weighted by molar-refractivity contribution is 0.487. The first-order valence-corrected chi connectivity index (χ1v) is 23.6. The average molecular weight is 856 g/mol. The molecule has 0 bridgehead atoms. The summed E-state index contributed by atoms with van der Waals surface area (Å²) in [4.78, 5) is 1.29. The van der Waals surface area contributed by atoms with Crippen molar-refractivity contribution in [1.29, 1.82) is 0 Å². The Kier molecular flexibility index (Phi) is 6.80. The summed E-state index contributed by atoms with van der Waals surface area (Å²) >= 11 is 1.94. The number of hydrogen-bond donors (Lipinski definition) is 0. The summed E-state index contributed by atoms with van der Waals surface area (Å²) in [6.07, 6.45) is 0. The van der Waals surface area contributed by atoms with Gasteiger partial charge in [-0.3, -0.25) is 0 Å². The monoisotopic (exact) mass is 855 g/mol. The van der Waals surface area contributed by atoms with Crippen molar-refractivity contribution < 1.29 is 4.74 Å². The predicted octanol–water partition coefficient (Wildman–Crippen LogP) is 14.7. The fraction of sp³-hybridized carbons (Fsp3) is 0. The number of fused-ring (bicyclic) bond motifs is 17. The van der Waals surface area contributed by atoms with Crippen LogP contribution >= 0.6 is 11.6 Å². The quantitative estimate of drug-likeness (QED) is 0.165. The molecule has 6 heterocycles. The molecule has 66 heavy (non-hydrogen) atoms. The molecule has 0 atom stereocenters. The normalized spacial score (nSPS) is 13.2. The molecule has 0 amide bonds. The van der Waals surface area contributed by atoms with E-state index in [1.807, 2.05) is 11.6 Å². The fourth-order valence-electron chi connectivity index (χ4n) is 11.9. The largest absolute Gasteiger partial charge is 0.458 e. The molecule has 0 fully saturated rings. The molecule has 304 valence electrons. The van der Waals surface area contributed by atoms with Crippen molar-refractivity contribution in [3.05, 3.63) is 206 Å². The SMILES string of the molecule is c1ccc2c(c1)SB1c3cc(-c4ccc(-n5c6ccccc6c6ccccc65)cc4)ccc3Oc3cc(-n4c5ccccc5c5cc6c7ccccc7n7c8ccccc8c(c54)c67)cc-2c31. The highest BCUT2D eigenvalue weighted by atomic mass is 32.2. The van der Waals surface area contributed by atoms with Gasteiger partial charge in [-0.15, -0.1) is 0 Å². The van der Waals surface area contributed by atoms with Crippen LogP contribution < -0.4 is 15.7 Å². The molecule has 2 aliphatic heterocycles. The van der Waals surface area contributed by atoms with Crippen molar-refractivity contribution in [2.75, 3.05) is 0 Å². The van der Waals surface area contributed by atoms with E-state index in [9.17, 15) is 0 Å². The fourth-order valence-corrected chi connectivity index (χ4v) is 13.3. The second-order valence-corrected chi connectivity index (χ2v) is 19.1. The van der Waals surface area contributed by atoms with Crippen LogP contribution in [0.1, 0.15) is 0 Å². The number of rotatable bonds is 3.